The lowest BCUT2D eigenvalue weighted by Gasteiger charge is -1.89. The number of hydrogen-bond donors (Lipinski definition) is 2. The van der Waals surface area contributed by atoms with Crippen molar-refractivity contribution in [1.82, 2.24) is 0 Å². The minimum Gasteiger partial charge on any atom is -0.321 e. The Morgan fingerprint density at radius 2 is 1.90 bits per heavy atom. The fourth-order valence-electron chi connectivity index (χ4n) is 0.650. The molecule has 3 heteroatoms. The van der Waals surface area contributed by atoms with Gasteiger partial charge in [0, 0.05) is 0 Å². The van der Waals surface area contributed by atoms with Gasteiger partial charge in [-0.05, 0) is 12.1 Å². The van der Waals surface area contributed by atoms with Crippen LogP contribution in [0, 0.1) is 0 Å². The fraction of sp³-hybridized carbons (Fsp3) is 0. The Morgan fingerprint density at radius 3 is 2.60 bits per heavy atom. The number of nitrogen functional groups attached to an aromatic ring is 1. The summed E-state index contributed by atoms with van der Waals surface area (Å²) in [5.41, 5.74) is 2.61. The van der Waals surface area contributed by atoms with E-state index in [1.54, 1.807) is 24.3 Å². The van der Waals surface area contributed by atoms with Gasteiger partial charge in [0.2, 0.25) is 5.43 Å². The maximum atomic E-state index is 10.9. The molecule has 0 aliphatic rings. The molecule has 0 amide bonds. The molecule has 1 rings (SSSR count). The Kier molecular flexibility index (Phi) is 2.02. The van der Waals surface area contributed by atoms with E-state index < -0.39 is 0 Å². The minimum absolute atomic E-state index is 0.104. The molecule has 0 heterocycles. The zero-order valence-corrected chi connectivity index (χ0v) is 5.37. The first-order valence-electron chi connectivity index (χ1n) is 2.90. The lowest BCUT2D eigenvalue weighted by molar-refractivity contribution is 1.34. The van der Waals surface area contributed by atoms with Gasteiger partial charge in [0.15, 0.2) is 0 Å². The highest BCUT2D eigenvalue weighted by molar-refractivity contribution is 5.39. The van der Waals surface area contributed by atoms with Gasteiger partial charge in [0.25, 0.3) is 0 Å². The van der Waals surface area contributed by atoms with Crippen LogP contribution in [-0.2, 0) is 0 Å². The van der Waals surface area contributed by atoms with E-state index in [1.807, 2.05) is 0 Å². The van der Waals surface area contributed by atoms with Crippen LogP contribution >= 0.6 is 0 Å². The van der Waals surface area contributed by atoms with Crippen LogP contribution in [0.15, 0.2) is 35.1 Å². The second-order valence-corrected chi connectivity index (χ2v) is 1.83. The minimum atomic E-state index is -0.104. The third-order valence-corrected chi connectivity index (χ3v) is 1.15. The van der Waals surface area contributed by atoms with Gasteiger partial charge in [0.1, 0.15) is 0 Å². The number of nitrogens with two attached hydrogens (primary N) is 1. The summed E-state index contributed by atoms with van der Waals surface area (Å²) < 4.78 is 0. The lowest BCUT2D eigenvalue weighted by Crippen LogP contribution is -2.13. The normalized spacial score (nSPS) is 8.90. The first-order valence-corrected chi connectivity index (χ1v) is 2.90. The molecule has 3 N–H and O–H groups in total. The van der Waals surface area contributed by atoms with E-state index in [1.165, 1.54) is 6.07 Å². The standard InChI is InChI=1S/C7H8N2O/c8-9-6-4-2-1-3-5-7(6)10/h1-5H,8H2,(H,9,10). The van der Waals surface area contributed by atoms with E-state index in [0.29, 0.717) is 5.69 Å². The summed E-state index contributed by atoms with van der Waals surface area (Å²) >= 11 is 0. The molecule has 3 nitrogen and oxygen atoms in total. The van der Waals surface area contributed by atoms with E-state index in [-0.39, 0.29) is 5.43 Å². The van der Waals surface area contributed by atoms with Gasteiger partial charge in [-0.1, -0.05) is 18.2 Å². The molecule has 0 unspecified atom stereocenters. The number of nitrogens with one attached hydrogen (secondary N) is 1. The van der Waals surface area contributed by atoms with Crippen molar-refractivity contribution in [2.75, 3.05) is 5.43 Å². The first kappa shape index (κ1) is 6.77. The predicted octanol–water partition coefficient (Wildman–Crippen LogP) is 0.332. The zero-order valence-electron chi connectivity index (χ0n) is 5.37. The molecule has 0 saturated carbocycles. The highest BCUT2D eigenvalue weighted by atomic mass is 16.1. The molecule has 0 spiro atoms. The molecule has 10 heavy (non-hydrogen) atoms. The Hall–Kier alpha value is -1.35. The van der Waals surface area contributed by atoms with Gasteiger partial charge in [0.05, 0.1) is 5.69 Å². The number of hydrogen-bond acceptors (Lipinski definition) is 3. The molecule has 0 radical (unpaired) electrons. The topological polar surface area (TPSA) is 55.1 Å². The maximum absolute atomic E-state index is 10.9. The molecule has 0 bridgehead atoms. The number of hydrazine groups is 1. The van der Waals surface area contributed by atoms with E-state index in [9.17, 15) is 4.79 Å². The molecule has 0 aromatic heterocycles. The molecule has 0 aliphatic heterocycles. The van der Waals surface area contributed by atoms with Crippen molar-refractivity contribution in [3.8, 4) is 0 Å². The van der Waals surface area contributed by atoms with Crippen molar-refractivity contribution < 1.29 is 0 Å². The van der Waals surface area contributed by atoms with Crippen LogP contribution in [0.1, 0.15) is 0 Å². The molecule has 1 aromatic rings. The summed E-state index contributed by atoms with van der Waals surface area (Å²) in [6.07, 6.45) is 0. The average molecular weight is 136 g/mol. The molecule has 0 saturated heterocycles. The van der Waals surface area contributed by atoms with Crippen LogP contribution in [0.5, 0.6) is 0 Å². The number of rotatable bonds is 1. The van der Waals surface area contributed by atoms with Crippen LogP contribution in [-0.4, -0.2) is 0 Å². The molecule has 1 aromatic carbocycles. The van der Waals surface area contributed by atoms with Crippen molar-refractivity contribution in [1.29, 1.82) is 0 Å². The maximum Gasteiger partial charge on any atom is 0.202 e. The lowest BCUT2D eigenvalue weighted by atomic mass is 10.4. The SMILES string of the molecule is NNc1cccccc1=O. The second-order valence-electron chi connectivity index (χ2n) is 1.83. The summed E-state index contributed by atoms with van der Waals surface area (Å²) in [6.45, 7) is 0. The van der Waals surface area contributed by atoms with Gasteiger partial charge in [-0.3, -0.25) is 10.6 Å². The van der Waals surface area contributed by atoms with Crippen LogP contribution in [0.2, 0.25) is 0 Å². The van der Waals surface area contributed by atoms with Crippen LogP contribution < -0.4 is 16.7 Å². The summed E-state index contributed by atoms with van der Waals surface area (Å²) in [6, 6.07) is 8.26. The van der Waals surface area contributed by atoms with Crippen molar-refractivity contribution in [3.63, 3.8) is 0 Å². The monoisotopic (exact) mass is 136 g/mol. The molecule has 52 valence electrons. The van der Waals surface area contributed by atoms with Crippen molar-refractivity contribution in [2.24, 2.45) is 5.84 Å². The summed E-state index contributed by atoms with van der Waals surface area (Å²) in [4.78, 5) is 10.9. The van der Waals surface area contributed by atoms with E-state index in [4.69, 9.17) is 5.84 Å². The van der Waals surface area contributed by atoms with Gasteiger partial charge >= 0.3 is 0 Å². The van der Waals surface area contributed by atoms with Crippen molar-refractivity contribution >= 4 is 5.69 Å². The fourth-order valence-corrected chi connectivity index (χ4v) is 0.650. The van der Waals surface area contributed by atoms with Gasteiger partial charge < -0.3 is 5.43 Å². The largest absolute Gasteiger partial charge is 0.321 e. The molecule has 0 aliphatic carbocycles. The first-order chi connectivity index (χ1) is 4.84. The van der Waals surface area contributed by atoms with E-state index >= 15 is 0 Å². The average Bonchev–Trinajstić information content (AvgIpc) is 2.13. The molecule has 0 fully saturated rings. The molecular weight excluding hydrogens is 128 g/mol. The quantitative estimate of drug-likeness (QED) is 0.432. The van der Waals surface area contributed by atoms with Crippen LogP contribution in [0.4, 0.5) is 5.69 Å². The molecule has 0 atom stereocenters. The van der Waals surface area contributed by atoms with Gasteiger partial charge in [-0.25, -0.2) is 0 Å². The Balaban J connectivity index is 3.28. The smallest absolute Gasteiger partial charge is 0.202 e. The van der Waals surface area contributed by atoms with Crippen molar-refractivity contribution in [3.05, 3.63) is 40.6 Å². The van der Waals surface area contributed by atoms with Gasteiger partial charge in [-0.15, -0.1) is 0 Å². The summed E-state index contributed by atoms with van der Waals surface area (Å²) in [7, 11) is 0. The van der Waals surface area contributed by atoms with Crippen LogP contribution in [0.3, 0.4) is 0 Å². The van der Waals surface area contributed by atoms with Gasteiger partial charge in [-0.2, -0.15) is 0 Å². The van der Waals surface area contributed by atoms with E-state index in [0.717, 1.165) is 0 Å². The Bertz CT molecular complexity index is 272. The summed E-state index contributed by atoms with van der Waals surface area (Å²) in [5, 5.41) is 0. The highest BCUT2D eigenvalue weighted by Crippen LogP contribution is 1.91. The summed E-state index contributed by atoms with van der Waals surface area (Å²) in [5.74, 6) is 5.06. The second kappa shape index (κ2) is 2.98. The third-order valence-electron chi connectivity index (χ3n) is 1.15. The Morgan fingerprint density at radius 1 is 1.20 bits per heavy atom. The molecular formula is C7H8N2O. The highest BCUT2D eigenvalue weighted by Gasteiger charge is 1.88. The van der Waals surface area contributed by atoms with Crippen LogP contribution in [0.25, 0.3) is 0 Å². The van der Waals surface area contributed by atoms with E-state index in [2.05, 4.69) is 5.43 Å². The zero-order chi connectivity index (χ0) is 7.40. The number of anilines is 1. The Labute approximate surface area is 58.5 Å². The predicted molar refractivity (Wildman–Crippen MR) is 40.5 cm³/mol. The van der Waals surface area contributed by atoms with Crippen molar-refractivity contribution in [2.45, 2.75) is 0 Å². The third kappa shape index (κ3) is 1.33.